The zero-order valence-corrected chi connectivity index (χ0v) is 12.7. The molecule has 1 aliphatic rings. The van der Waals surface area contributed by atoms with Gasteiger partial charge in [-0.1, -0.05) is 26.2 Å². The number of rotatable bonds is 8. The van der Waals surface area contributed by atoms with Gasteiger partial charge in [0.15, 0.2) is 0 Å². The van der Waals surface area contributed by atoms with Crippen LogP contribution in [-0.2, 0) is 4.79 Å². The molecule has 0 aliphatic heterocycles. The van der Waals surface area contributed by atoms with Gasteiger partial charge in [-0.05, 0) is 36.5 Å². The number of carbonyl (C=O) groups is 1. The average Bonchev–Trinajstić information content (AvgIpc) is 3.27. The molecule has 0 aromatic heterocycles. The maximum atomic E-state index is 11.9. The third-order valence-corrected chi connectivity index (χ3v) is 3.93. The number of nitro benzene ring substituents is 1. The fourth-order valence-electron chi connectivity index (χ4n) is 2.48. The SMILES string of the molecule is CCCCC[C@H]1C[C@@H]1C(=O)NN=Cc1ccc([N+](=O)[O-])cc1. The standard InChI is InChI=1S/C16H21N3O3/c1-2-3-4-5-13-10-15(13)16(20)18-17-11-12-6-8-14(9-7-12)19(21)22/h6-9,11,13,15H,2-5,10H2,1H3,(H,18,20)/t13-,15-/m0/s1. The van der Waals surface area contributed by atoms with Crippen LogP contribution in [0.5, 0.6) is 0 Å². The van der Waals surface area contributed by atoms with Crippen LogP contribution in [0.1, 0.15) is 44.6 Å². The van der Waals surface area contributed by atoms with Crippen LogP contribution in [0.4, 0.5) is 5.69 Å². The Kier molecular flexibility index (Phi) is 5.63. The van der Waals surface area contributed by atoms with Gasteiger partial charge in [-0.2, -0.15) is 5.10 Å². The van der Waals surface area contributed by atoms with Gasteiger partial charge >= 0.3 is 0 Å². The summed E-state index contributed by atoms with van der Waals surface area (Å²) in [5, 5.41) is 14.5. The van der Waals surface area contributed by atoms with Crippen LogP contribution in [-0.4, -0.2) is 17.0 Å². The molecule has 1 saturated carbocycles. The summed E-state index contributed by atoms with van der Waals surface area (Å²) in [7, 11) is 0. The number of unbranched alkanes of at least 4 members (excludes halogenated alkanes) is 2. The van der Waals surface area contributed by atoms with Crippen molar-refractivity contribution >= 4 is 17.8 Å². The molecular formula is C16H21N3O3. The lowest BCUT2D eigenvalue weighted by Gasteiger charge is -1.99. The first-order chi connectivity index (χ1) is 10.6. The zero-order valence-electron chi connectivity index (χ0n) is 12.7. The van der Waals surface area contributed by atoms with Gasteiger partial charge in [0, 0.05) is 18.1 Å². The molecular weight excluding hydrogens is 282 g/mol. The summed E-state index contributed by atoms with van der Waals surface area (Å²) >= 11 is 0. The number of hydrogen-bond donors (Lipinski definition) is 1. The van der Waals surface area contributed by atoms with Crippen molar-refractivity contribution in [2.75, 3.05) is 0 Å². The monoisotopic (exact) mass is 303 g/mol. The highest BCUT2D eigenvalue weighted by atomic mass is 16.6. The molecule has 1 fully saturated rings. The van der Waals surface area contributed by atoms with Crippen LogP contribution in [0, 0.1) is 22.0 Å². The van der Waals surface area contributed by atoms with E-state index in [0.29, 0.717) is 11.5 Å². The van der Waals surface area contributed by atoms with E-state index in [4.69, 9.17) is 0 Å². The van der Waals surface area contributed by atoms with Gasteiger partial charge in [-0.15, -0.1) is 0 Å². The number of amides is 1. The molecule has 2 atom stereocenters. The average molecular weight is 303 g/mol. The normalized spacial score (nSPS) is 20.0. The van der Waals surface area contributed by atoms with Crippen LogP contribution in [0.25, 0.3) is 0 Å². The molecule has 0 spiro atoms. The molecule has 1 aromatic carbocycles. The maximum absolute atomic E-state index is 11.9. The Balaban J connectivity index is 1.73. The molecule has 0 heterocycles. The predicted octanol–water partition coefficient (Wildman–Crippen LogP) is 3.26. The number of nitrogens with zero attached hydrogens (tertiary/aromatic N) is 2. The fourth-order valence-corrected chi connectivity index (χ4v) is 2.48. The highest BCUT2D eigenvalue weighted by Gasteiger charge is 2.41. The Morgan fingerprint density at radius 1 is 1.41 bits per heavy atom. The number of hydrogen-bond acceptors (Lipinski definition) is 4. The van der Waals surface area contributed by atoms with Gasteiger partial charge in [-0.25, -0.2) is 5.43 Å². The van der Waals surface area contributed by atoms with Crippen molar-refractivity contribution in [3.63, 3.8) is 0 Å². The Morgan fingerprint density at radius 3 is 2.77 bits per heavy atom. The lowest BCUT2D eigenvalue weighted by Crippen LogP contribution is -2.20. The molecule has 0 radical (unpaired) electrons. The minimum atomic E-state index is -0.450. The molecule has 1 N–H and O–H groups in total. The number of non-ortho nitro benzene ring substituents is 1. The highest BCUT2D eigenvalue weighted by Crippen LogP contribution is 2.42. The minimum absolute atomic E-state index is 0.0281. The third kappa shape index (κ3) is 4.65. The van der Waals surface area contributed by atoms with Gasteiger partial charge in [0.05, 0.1) is 11.1 Å². The minimum Gasteiger partial charge on any atom is -0.273 e. The number of nitrogens with one attached hydrogen (secondary N) is 1. The lowest BCUT2D eigenvalue weighted by molar-refractivity contribution is -0.384. The van der Waals surface area contributed by atoms with E-state index in [1.165, 1.54) is 37.6 Å². The van der Waals surface area contributed by atoms with Crippen LogP contribution in [0.3, 0.4) is 0 Å². The Bertz CT molecular complexity index is 554. The molecule has 0 unspecified atom stereocenters. The predicted molar refractivity (Wildman–Crippen MR) is 84.6 cm³/mol. The zero-order chi connectivity index (χ0) is 15.9. The summed E-state index contributed by atoms with van der Waals surface area (Å²) in [4.78, 5) is 22.0. The number of nitro groups is 1. The number of benzene rings is 1. The second-order valence-corrected chi connectivity index (χ2v) is 5.68. The highest BCUT2D eigenvalue weighted by molar-refractivity contribution is 5.84. The molecule has 2 rings (SSSR count). The van der Waals surface area contributed by atoms with Crippen LogP contribution in [0.2, 0.25) is 0 Å². The van der Waals surface area contributed by atoms with E-state index in [0.717, 1.165) is 12.8 Å². The summed E-state index contributed by atoms with van der Waals surface area (Å²) in [5.41, 5.74) is 3.29. The largest absolute Gasteiger partial charge is 0.273 e. The Morgan fingerprint density at radius 2 is 2.14 bits per heavy atom. The fraction of sp³-hybridized carbons (Fsp3) is 0.500. The molecule has 0 bridgehead atoms. The van der Waals surface area contributed by atoms with Crippen molar-refractivity contribution in [1.82, 2.24) is 5.43 Å². The van der Waals surface area contributed by atoms with Crippen LogP contribution >= 0.6 is 0 Å². The van der Waals surface area contributed by atoms with Crippen molar-refractivity contribution in [2.24, 2.45) is 16.9 Å². The van der Waals surface area contributed by atoms with Crippen molar-refractivity contribution in [3.8, 4) is 0 Å². The van der Waals surface area contributed by atoms with Gasteiger partial charge < -0.3 is 0 Å². The summed E-state index contributed by atoms with van der Waals surface area (Å²) in [6.07, 6.45) is 7.19. The van der Waals surface area contributed by atoms with E-state index >= 15 is 0 Å². The first-order valence-electron chi connectivity index (χ1n) is 7.69. The van der Waals surface area contributed by atoms with Gasteiger partial charge in [-0.3, -0.25) is 14.9 Å². The topological polar surface area (TPSA) is 84.6 Å². The van der Waals surface area contributed by atoms with Crippen molar-refractivity contribution in [1.29, 1.82) is 0 Å². The van der Waals surface area contributed by atoms with Gasteiger partial charge in [0.25, 0.3) is 5.69 Å². The van der Waals surface area contributed by atoms with Crippen molar-refractivity contribution in [2.45, 2.75) is 39.0 Å². The third-order valence-electron chi connectivity index (χ3n) is 3.93. The Hall–Kier alpha value is -2.24. The molecule has 1 aromatic rings. The quantitative estimate of drug-likeness (QED) is 0.346. The second kappa shape index (κ2) is 7.68. The van der Waals surface area contributed by atoms with Crippen molar-refractivity contribution < 1.29 is 9.72 Å². The molecule has 6 heteroatoms. The van der Waals surface area contributed by atoms with Crippen LogP contribution in [0.15, 0.2) is 29.4 Å². The maximum Gasteiger partial charge on any atom is 0.269 e. The molecule has 6 nitrogen and oxygen atoms in total. The first-order valence-corrected chi connectivity index (χ1v) is 7.69. The van der Waals surface area contributed by atoms with E-state index in [9.17, 15) is 14.9 Å². The summed E-state index contributed by atoms with van der Waals surface area (Å²) < 4.78 is 0. The van der Waals surface area contributed by atoms with Crippen molar-refractivity contribution in [3.05, 3.63) is 39.9 Å². The van der Waals surface area contributed by atoms with Gasteiger partial charge in [0.1, 0.15) is 0 Å². The molecule has 22 heavy (non-hydrogen) atoms. The summed E-state index contributed by atoms with van der Waals surface area (Å²) in [6, 6.07) is 6.01. The van der Waals surface area contributed by atoms with E-state index < -0.39 is 4.92 Å². The lowest BCUT2D eigenvalue weighted by atomic mass is 10.1. The molecule has 0 saturated heterocycles. The van der Waals surface area contributed by atoms with Crippen LogP contribution < -0.4 is 5.43 Å². The summed E-state index contributed by atoms with van der Waals surface area (Å²) in [6.45, 7) is 2.17. The van der Waals surface area contributed by atoms with Gasteiger partial charge in [0.2, 0.25) is 5.91 Å². The number of carbonyl (C=O) groups excluding carboxylic acids is 1. The smallest absolute Gasteiger partial charge is 0.269 e. The first kappa shape index (κ1) is 16.1. The van der Waals surface area contributed by atoms with E-state index in [1.54, 1.807) is 12.1 Å². The molecule has 1 aliphatic carbocycles. The second-order valence-electron chi connectivity index (χ2n) is 5.68. The molecule has 1 amide bonds. The van der Waals surface area contributed by atoms with E-state index in [2.05, 4.69) is 17.5 Å². The number of hydrazone groups is 1. The Labute approximate surface area is 129 Å². The van der Waals surface area contributed by atoms with E-state index in [-0.39, 0.29) is 17.5 Å². The van der Waals surface area contributed by atoms with E-state index in [1.807, 2.05) is 0 Å². The summed E-state index contributed by atoms with van der Waals surface area (Å²) in [5.74, 6) is 0.589. The molecule has 118 valence electrons.